The molecule has 0 spiro atoms. The number of alkyl halides is 3. The largest absolute Gasteiger partial charge is 0.435 e. The lowest BCUT2D eigenvalue weighted by Crippen LogP contribution is -2.37. The molecule has 1 saturated carbocycles. The van der Waals surface area contributed by atoms with Crippen molar-refractivity contribution in [3.63, 3.8) is 0 Å². The molecule has 0 radical (unpaired) electrons. The number of rotatable bonds is 6. The first-order chi connectivity index (χ1) is 13.2. The van der Waals surface area contributed by atoms with Crippen LogP contribution in [-0.2, 0) is 41.9 Å². The smallest absolute Gasteiger partial charge is 0.392 e. The molecule has 9 heteroatoms. The van der Waals surface area contributed by atoms with E-state index in [-0.39, 0.29) is 23.4 Å². The second kappa shape index (κ2) is 6.89. The van der Waals surface area contributed by atoms with Gasteiger partial charge in [-0.15, -0.1) is 0 Å². The Morgan fingerprint density at radius 1 is 1.29 bits per heavy atom. The van der Waals surface area contributed by atoms with Gasteiger partial charge in [-0.3, -0.25) is 8.89 Å². The van der Waals surface area contributed by atoms with Gasteiger partial charge in [-0.1, -0.05) is 18.2 Å². The van der Waals surface area contributed by atoms with Crippen LogP contribution >= 0.6 is 0 Å². The summed E-state index contributed by atoms with van der Waals surface area (Å²) in [5, 5.41) is 12.9. The van der Waals surface area contributed by atoms with Crippen molar-refractivity contribution in [3.8, 4) is 0 Å². The first kappa shape index (κ1) is 19.5. The van der Waals surface area contributed by atoms with Gasteiger partial charge < -0.3 is 5.11 Å². The number of halogens is 3. The second-order valence-electron chi connectivity index (χ2n) is 7.61. The van der Waals surface area contributed by atoms with Crippen LogP contribution in [0.4, 0.5) is 13.2 Å². The van der Waals surface area contributed by atoms with E-state index < -0.39 is 28.2 Å². The van der Waals surface area contributed by atoms with Gasteiger partial charge in [-0.25, -0.2) is 4.72 Å². The van der Waals surface area contributed by atoms with Crippen molar-refractivity contribution in [3.05, 3.63) is 52.3 Å². The van der Waals surface area contributed by atoms with Gasteiger partial charge in [0.15, 0.2) is 5.69 Å². The SMILES string of the molecule is C=S(=O)(N[C@H]1Cc2ccc(Cn3cc(CO)c(C(F)(F)F)n3)cc2C1)C1CC1. The summed E-state index contributed by atoms with van der Waals surface area (Å²) >= 11 is 0. The molecular weight excluding hydrogens is 391 g/mol. The molecule has 2 N–H and O–H groups in total. The molecule has 2 atom stereocenters. The van der Waals surface area contributed by atoms with Gasteiger partial charge in [0.25, 0.3) is 0 Å². The topological polar surface area (TPSA) is 67.2 Å². The molecular formula is C19H22F3N3O2S. The van der Waals surface area contributed by atoms with Crippen LogP contribution in [0.1, 0.15) is 40.8 Å². The molecule has 2 aromatic rings. The monoisotopic (exact) mass is 413 g/mol. The second-order valence-corrected chi connectivity index (χ2v) is 9.96. The Bertz CT molecular complexity index is 994. The van der Waals surface area contributed by atoms with Crippen molar-refractivity contribution in [1.29, 1.82) is 0 Å². The Hall–Kier alpha value is -1.84. The fourth-order valence-electron chi connectivity index (χ4n) is 3.77. The van der Waals surface area contributed by atoms with Crippen molar-refractivity contribution in [2.45, 2.75) is 56.3 Å². The molecule has 2 aliphatic rings. The van der Waals surface area contributed by atoms with Gasteiger partial charge in [0.2, 0.25) is 0 Å². The van der Waals surface area contributed by atoms with Gasteiger partial charge in [0.1, 0.15) is 0 Å². The summed E-state index contributed by atoms with van der Waals surface area (Å²) in [7, 11) is -2.26. The summed E-state index contributed by atoms with van der Waals surface area (Å²) in [5.74, 6) is 3.86. The lowest BCUT2D eigenvalue weighted by Gasteiger charge is -2.16. The summed E-state index contributed by atoms with van der Waals surface area (Å²) in [5.41, 5.74) is 1.80. The zero-order valence-electron chi connectivity index (χ0n) is 15.2. The molecule has 1 aromatic heterocycles. The average molecular weight is 413 g/mol. The minimum atomic E-state index is -4.59. The van der Waals surface area contributed by atoms with Crippen molar-refractivity contribution in [2.24, 2.45) is 0 Å². The summed E-state index contributed by atoms with van der Waals surface area (Å²) in [6, 6.07) is 5.87. The molecule has 28 heavy (non-hydrogen) atoms. The van der Waals surface area contributed by atoms with E-state index in [0.29, 0.717) is 0 Å². The van der Waals surface area contributed by atoms with E-state index in [0.717, 1.165) is 42.4 Å². The minimum absolute atomic E-state index is 0.0679. The van der Waals surface area contributed by atoms with Crippen molar-refractivity contribution >= 4 is 15.6 Å². The Balaban J connectivity index is 1.48. The van der Waals surface area contributed by atoms with Gasteiger partial charge in [0, 0.05) is 32.8 Å². The van der Waals surface area contributed by atoms with Gasteiger partial charge >= 0.3 is 6.18 Å². The summed E-state index contributed by atoms with van der Waals surface area (Å²) in [6.07, 6.45) is 0.0369. The predicted molar refractivity (Wildman–Crippen MR) is 101 cm³/mol. The molecule has 0 aliphatic heterocycles. The van der Waals surface area contributed by atoms with Crippen LogP contribution in [-0.4, -0.2) is 36.3 Å². The number of hydrogen-bond acceptors (Lipinski definition) is 3. The Morgan fingerprint density at radius 2 is 2.00 bits per heavy atom. The third kappa shape index (κ3) is 3.97. The van der Waals surface area contributed by atoms with Crippen molar-refractivity contribution in [2.75, 3.05) is 0 Å². The molecule has 1 fully saturated rings. The number of hydrogen-bond donors (Lipinski definition) is 2. The summed E-state index contributed by atoms with van der Waals surface area (Å²) < 4.78 is 55.9. The van der Waals surface area contributed by atoms with Crippen molar-refractivity contribution < 1.29 is 22.5 Å². The van der Waals surface area contributed by atoms with Crippen LogP contribution in [0.25, 0.3) is 0 Å². The molecule has 0 saturated heterocycles. The van der Waals surface area contributed by atoms with Gasteiger partial charge in [-0.2, -0.15) is 18.3 Å². The average Bonchev–Trinajstić information content (AvgIpc) is 3.28. The van der Waals surface area contributed by atoms with E-state index in [1.165, 1.54) is 10.9 Å². The van der Waals surface area contributed by atoms with Crippen molar-refractivity contribution in [1.82, 2.24) is 14.5 Å². The number of nitrogens with one attached hydrogen (secondary N) is 1. The quantitative estimate of drug-likeness (QED) is 0.715. The lowest BCUT2D eigenvalue weighted by molar-refractivity contribution is -0.142. The molecule has 1 heterocycles. The van der Waals surface area contributed by atoms with E-state index in [1.54, 1.807) is 0 Å². The predicted octanol–water partition coefficient (Wildman–Crippen LogP) is 2.29. The standard InChI is InChI=1S/C19H22F3N3O2S/c1-28(27,17-4-5-17)24-16-7-13-3-2-12(6-14(13)8-16)9-25-10-15(11-26)18(23-25)19(20,21)22/h2-3,6,10,16-17,26H,1,4-5,7-9,11H2,(H,24,27)/t16-,28?/m0/s1. The molecule has 0 amide bonds. The molecule has 0 bridgehead atoms. The van der Waals surface area contributed by atoms with Crippen LogP contribution in [0.15, 0.2) is 24.4 Å². The fraction of sp³-hybridized carbons (Fsp3) is 0.474. The fourth-order valence-corrected chi connectivity index (χ4v) is 5.59. The minimum Gasteiger partial charge on any atom is -0.392 e. The van der Waals surface area contributed by atoms with E-state index >= 15 is 0 Å². The van der Waals surface area contributed by atoms with Gasteiger partial charge in [-0.05, 0) is 48.2 Å². The maximum absolute atomic E-state index is 13.0. The molecule has 152 valence electrons. The molecule has 2 aliphatic carbocycles. The number of aliphatic hydroxyl groups excluding tert-OH is 1. The van der Waals surface area contributed by atoms with Crippen LogP contribution in [0, 0.1) is 0 Å². The molecule has 5 nitrogen and oxygen atoms in total. The maximum Gasteiger partial charge on any atom is 0.435 e. The van der Waals surface area contributed by atoms with Crippen LogP contribution in [0.3, 0.4) is 0 Å². The number of fused-ring (bicyclic) bond motifs is 1. The Morgan fingerprint density at radius 3 is 2.61 bits per heavy atom. The van der Waals surface area contributed by atoms with Gasteiger partial charge in [0.05, 0.1) is 13.2 Å². The Labute approximate surface area is 161 Å². The number of aromatic nitrogens is 2. The number of nitrogens with zero attached hydrogens (tertiary/aromatic N) is 2. The first-order valence-corrected chi connectivity index (χ1v) is 10.9. The lowest BCUT2D eigenvalue weighted by atomic mass is 10.1. The van der Waals surface area contributed by atoms with E-state index in [9.17, 15) is 17.4 Å². The highest BCUT2D eigenvalue weighted by Crippen LogP contribution is 2.32. The van der Waals surface area contributed by atoms with E-state index in [1.807, 2.05) is 18.2 Å². The highest BCUT2D eigenvalue weighted by molar-refractivity contribution is 7.99. The summed E-state index contributed by atoms with van der Waals surface area (Å²) in [4.78, 5) is 0. The number of benzene rings is 1. The zero-order valence-corrected chi connectivity index (χ0v) is 16.0. The number of aliphatic hydroxyl groups is 1. The highest BCUT2D eigenvalue weighted by atomic mass is 32.2. The van der Waals surface area contributed by atoms with E-state index in [2.05, 4.69) is 15.7 Å². The first-order valence-electron chi connectivity index (χ1n) is 9.14. The normalized spacial score (nSPS) is 21.5. The van der Waals surface area contributed by atoms with Crippen LogP contribution in [0.5, 0.6) is 0 Å². The molecule has 4 rings (SSSR count). The Kier molecular flexibility index (Phi) is 4.79. The van der Waals surface area contributed by atoms with Crippen LogP contribution < -0.4 is 4.72 Å². The third-order valence-corrected chi connectivity index (χ3v) is 7.53. The highest BCUT2D eigenvalue weighted by Gasteiger charge is 2.37. The zero-order chi connectivity index (χ0) is 20.1. The third-order valence-electron chi connectivity index (χ3n) is 5.25. The van der Waals surface area contributed by atoms with E-state index in [4.69, 9.17) is 5.11 Å². The van der Waals surface area contributed by atoms with Crippen LogP contribution in [0.2, 0.25) is 0 Å². The maximum atomic E-state index is 13.0. The summed E-state index contributed by atoms with van der Waals surface area (Å²) in [6.45, 7) is -0.527. The molecule has 1 aromatic carbocycles. The molecule has 1 unspecified atom stereocenters.